The van der Waals surface area contributed by atoms with E-state index in [-0.39, 0.29) is 12.4 Å². The van der Waals surface area contributed by atoms with Gasteiger partial charge in [0.15, 0.2) is 0 Å². The number of methoxy groups -OCH3 is 1. The lowest BCUT2D eigenvalue weighted by Gasteiger charge is -2.09. The lowest BCUT2D eigenvalue weighted by atomic mass is 10.1. The van der Waals surface area contributed by atoms with E-state index in [4.69, 9.17) is 23.2 Å². The highest BCUT2D eigenvalue weighted by Gasteiger charge is 2.11. The number of halogens is 3. The molecule has 2 nitrogen and oxygen atoms in total. The first kappa shape index (κ1) is 12.8. The Bertz CT molecular complexity index is 380. The lowest BCUT2D eigenvalue weighted by molar-refractivity contribution is -0.139. The molecule has 15 heavy (non-hydrogen) atoms. The predicted molar refractivity (Wildman–Crippen MR) is 64.8 cm³/mol. The molecule has 0 spiro atoms. The Morgan fingerprint density at radius 2 is 2.13 bits per heavy atom. The zero-order valence-corrected chi connectivity index (χ0v) is 11.1. The lowest BCUT2D eigenvalue weighted by Crippen LogP contribution is -2.06. The molecular formula is C10H9BrCl2O2. The molecule has 0 heterocycles. The van der Waals surface area contributed by atoms with Crippen LogP contribution in [0.3, 0.4) is 0 Å². The number of ether oxygens (including phenoxy) is 1. The van der Waals surface area contributed by atoms with Crippen molar-refractivity contribution >= 4 is 45.1 Å². The normalized spacial score (nSPS) is 10.1. The summed E-state index contributed by atoms with van der Waals surface area (Å²) in [6.07, 6.45) is 0.178. The molecule has 1 aromatic rings. The number of carbonyl (C=O) groups excluding carboxylic acids is 1. The molecule has 0 amide bonds. The molecule has 0 aromatic heterocycles. The van der Waals surface area contributed by atoms with Gasteiger partial charge in [-0.1, -0.05) is 39.1 Å². The fraction of sp³-hybridized carbons (Fsp3) is 0.300. The average Bonchev–Trinajstić information content (AvgIpc) is 2.17. The highest BCUT2D eigenvalue weighted by Crippen LogP contribution is 2.27. The number of esters is 1. The monoisotopic (exact) mass is 310 g/mol. The number of alkyl halides is 1. The van der Waals surface area contributed by atoms with Crippen LogP contribution in [0.4, 0.5) is 0 Å². The summed E-state index contributed by atoms with van der Waals surface area (Å²) in [5.74, 6) is -0.310. The maximum atomic E-state index is 11.1. The summed E-state index contributed by atoms with van der Waals surface area (Å²) in [4.78, 5) is 11.1. The fourth-order valence-corrected chi connectivity index (χ4v) is 2.62. The zero-order chi connectivity index (χ0) is 11.4. The van der Waals surface area contributed by atoms with Crippen LogP contribution in [0.5, 0.6) is 0 Å². The van der Waals surface area contributed by atoms with Crippen molar-refractivity contribution in [3.63, 3.8) is 0 Å². The van der Waals surface area contributed by atoms with Gasteiger partial charge in [-0.25, -0.2) is 0 Å². The Kier molecular flexibility index (Phi) is 4.90. The molecule has 0 bridgehead atoms. The second kappa shape index (κ2) is 5.73. The number of benzene rings is 1. The third-order valence-corrected chi connectivity index (χ3v) is 3.06. The van der Waals surface area contributed by atoms with Gasteiger partial charge in [0.1, 0.15) is 0 Å². The molecule has 0 radical (unpaired) electrons. The van der Waals surface area contributed by atoms with Crippen molar-refractivity contribution in [2.75, 3.05) is 7.11 Å². The van der Waals surface area contributed by atoms with Crippen LogP contribution in [-0.2, 0) is 21.3 Å². The maximum Gasteiger partial charge on any atom is 0.309 e. The van der Waals surface area contributed by atoms with Crippen molar-refractivity contribution in [1.29, 1.82) is 0 Å². The number of hydrogen-bond donors (Lipinski definition) is 0. The van der Waals surface area contributed by atoms with Gasteiger partial charge in [-0.2, -0.15) is 0 Å². The van der Waals surface area contributed by atoms with E-state index in [0.29, 0.717) is 15.4 Å². The second-order valence-electron chi connectivity index (χ2n) is 2.91. The standard InChI is InChI=1S/C10H9BrCl2O2/c1-15-10(14)3-6-2-7(12)4-9(13)8(6)5-11/h2,4H,3,5H2,1H3. The van der Waals surface area contributed by atoms with Crippen molar-refractivity contribution in [1.82, 2.24) is 0 Å². The first-order valence-corrected chi connectivity index (χ1v) is 6.05. The molecule has 0 unspecified atom stereocenters. The van der Waals surface area contributed by atoms with E-state index < -0.39 is 0 Å². The number of rotatable bonds is 3. The highest BCUT2D eigenvalue weighted by molar-refractivity contribution is 9.08. The van der Waals surface area contributed by atoms with E-state index in [1.165, 1.54) is 7.11 Å². The first-order valence-electron chi connectivity index (χ1n) is 4.18. The Morgan fingerprint density at radius 3 is 2.67 bits per heavy atom. The Hall–Kier alpha value is -0.250. The molecule has 0 aliphatic heterocycles. The van der Waals surface area contributed by atoms with Gasteiger partial charge < -0.3 is 4.74 Å². The van der Waals surface area contributed by atoms with Crippen molar-refractivity contribution in [3.05, 3.63) is 33.3 Å². The fourth-order valence-electron chi connectivity index (χ4n) is 1.19. The van der Waals surface area contributed by atoms with Crippen molar-refractivity contribution in [3.8, 4) is 0 Å². The summed E-state index contributed by atoms with van der Waals surface area (Å²) in [5.41, 5.74) is 1.66. The molecule has 0 aliphatic carbocycles. The minimum atomic E-state index is -0.310. The Labute approximate surface area is 107 Å². The van der Waals surface area contributed by atoms with Crippen LogP contribution in [0.2, 0.25) is 10.0 Å². The van der Waals surface area contributed by atoms with E-state index in [1.54, 1.807) is 12.1 Å². The molecule has 0 fully saturated rings. The Morgan fingerprint density at radius 1 is 1.47 bits per heavy atom. The summed E-state index contributed by atoms with van der Waals surface area (Å²) in [6, 6.07) is 3.38. The number of hydrogen-bond acceptors (Lipinski definition) is 2. The van der Waals surface area contributed by atoms with E-state index >= 15 is 0 Å². The summed E-state index contributed by atoms with van der Waals surface area (Å²) in [5, 5.41) is 1.65. The van der Waals surface area contributed by atoms with Crippen LogP contribution in [0.25, 0.3) is 0 Å². The van der Waals surface area contributed by atoms with E-state index in [1.807, 2.05) is 0 Å². The summed E-state index contributed by atoms with van der Waals surface area (Å²) in [7, 11) is 1.35. The van der Waals surface area contributed by atoms with Crippen LogP contribution in [0.1, 0.15) is 11.1 Å². The van der Waals surface area contributed by atoms with Crippen molar-refractivity contribution in [2.24, 2.45) is 0 Å². The molecule has 0 saturated heterocycles. The average molecular weight is 312 g/mol. The Balaban J connectivity index is 3.09. The van der Waals surface area contributed by atoms with E-state index in [0.717, 1.165) is 11.1 Å². The SMILES string of the molecule is COC(=O)Cc1cc(Cl)cc(Cl)c1CBr. The molecule has 0 aliphatic rings. The predicted octanol–water partition coefficient (Wildman–Crippen LogP) is 3.60. The first-order chi connectivity index (χ1) is 7.08. The molecule has 0 atom stereocenters. The summed E-state index contributed by atoms with van der Waals surface area (Å²) in [6.45, 7) is 0. The highest BCUT2D eigenvalue weighted by atomic mass is 79.9. The van der Waals surface area contributed by atoms with Crippen molar-refractivity contribution in [2.45, 2.75) is 11.8 Å². The van der Waals surface area contributed by atoms with E-state index in [2.05, 4.69) is 20.7 Å². The number of carbonyl (C=O) groups is 1. The smallest absolute Gasteiger partial charge is 0.309 e. The summed E-state index contributed by atoms with van der Waals surface area (Å²) < 4.78 is 4.59. The molecule has 1 aromatic carbocycles. The van der Waals surface area contributed by atoms with E-state index in [9.17, 15) is 4.79 Å². The minimum Gasteiger partial charge on any atom is -0.469 e. The third-order valence-electron chi connectivity index (χ3n) is 1.95. The van der Waals surface area contributed by atoms with Gasteiger partial charge in [0, 0.05) is 15.4 Å². The van der Waals surface area contributed by atoms with Crippen LogP contribution >= 0.6 is 39.1 Å². The third kappa shape index (κ3) is 3.37. The van der Waals surface area contributed by atoms with Gasteiger partial charge in [-0.15, -0.1) is 0 Å². The second-order valence-corrected chi connectivity index (χ2v) is 4.32. The van der Waals surface area contributed by atoms with Crippen LogP contribution in [0, 0.1) is 0 Å². The largest absolute Gasteiger partial charge is 0.469 e. The van der Waals surface area contributed by atoms with Crippen LogP contribution in [-0.4, -0.2) is 13.1 Å². The molecule has 82 valence electrons. The molecule has 1 rings (SSSR count). The van der Waals surface area contributed by atoms with Crippen LogP contribution < -0.4 is 0 Å². The van der Waals surface area contributed by atoms with Crippen molar-refractivity contribution < 1.29 is 9.53 Å². The topological polar surface area (TPSA) is 26.3 Å². The molecule has 0 saturated carbocycles. The van der Waals surface area contributed by atoms with Gasteiger partial charge in [0.25, 0.3) is 0 Å². The maximum absolute atomic E-state index is 11.1. The van der Waals surface area contributed by atoms with Gasteiger partial charge in [-0.05, 0) is 23.3 Å². The van der Waals surface area contributed by atoms with Gasteiger partial charge in [0.2, 0.25) is 0 Å². The van der Waals surface area contributed by atoms with Crippen LogP contribution in [0.15, 0.2) is 12.1 Å². The minimum absolute atomic E-state index is 0.178. The molecular weight excluding hydrogens is 303 g/mol. The van der Waals surface area contributed by atoms with Gasteiger partial charge in [-0.3, -0.25) is 4.79 Å². The quantitative estimate of drug-likeness (QED) is 0.630. The molecule has 0 N–H and O–H groups in total. The van der Waals surface area contributed by atoms with Gasteiger partial charge >= 0.3 is 5.97 Å². The van der Waals surface area contributed by atoms with Gasteiger partial charge in [0.05, 0.1) is 13.5 Å². The summed E-state index contributed by atoms with van der Waals surface area (Å²) >= 11 is 15.2. The molecule has 5 heteroatoms. The zero-order valence-electron chi connectivity index (χ0n) is 8.02.